The molecule has 17 atom stereocenters. The van der Waals surface area contributed by atoms with Gasteiger partial charge in [-0.05, 0) is 83.5 Å². The van der Waals surface area contributed by atoms with Crippen molar-refractivity contribution in [1.82, 2.24) is 5.32 Å². The van der Waals surface area contributed by atoms with Crippen molar-refractivity contribution in [1.29, 1.82) is 0 Å². The first-order chi connectivity index (χ1) is 50.3. The van der Waals surface area contributed by atoms with Crippen LogP contribution >= 0.6 is 0 Å². The van der Waals surface area contributed by atoms with Gasteiger partial charge in [0.25, 0.3) is 0 Å². The Morgan fingerprint density at radius 1 is 0.359 bits per heavy atom. The number of unbranched alkanes of at least 4 members (excludes halogenated alkanes) is 34. The standard InChI is InChI=1S/C84H147NO18/c1-3-5-7-9-11-13-15-17-19-21-23-25-27-28-29-30-31-32-33-34-35-36-37-38-40-42-44-46-48-50-52-54-56-58-60-62-72(90)85-67(68(89)61-59-57-55-53-51-49-47-45-43-41-39-26-24-22-20-18-16-14-12-10-8-6-4-2)66-98-82-78(96)75(93)80(70(64-87)100-82)103-84-79(97)76(94)81(71(65-88)101-84)102-83-77(95)74(92)73(91)69(63-86)99-83/h5,7,11,13,17,19,23,25,28-29,31-32,51,53,59,61,67-71,73-84,86-89,91-97H,3-4,6,8-10,12,14-16,18,20-22,24,26-27,30,33-50,52,54-58,60,62-66H2,1-2H3,(H,85,90)/b7-5-,13-11-,19-17-,25-23-,29-28-,32-31-,53-51+,61-59+. The monoisotopic (exact) mass is 1460 g/mol. The minimum Gasteiger partial charge on any atom is -0.394 e. The van der Waals surface area contributed by atoms with Gasteiger partial charge in [0, 0.05) is 6.42 Å². The second kappa shape index (κ2) is 63.6. The number of aliphatic hydroxyl groups is 11. The fourth-order valence-electron chi connectivity index (χ4n) is 13.3. The average molecular weight is 1460 g/mol. The first-order valence-electron chi connectivity index (χ1n) is 41.0. The van der Waals surface area contributed by atoms with E-state index in [1.165, 1.54) is 186 Å². The number of aliphatic hydroxyl groups excluding tert-OH is 11. The molecule has 0 aromatic heterocycles. The molecule has 596 valence electrons. The van der Waals surface area contributed by atoms with Gasteiger partial charge in [-0.2, -0.15) is 0 Å². The van der Waals surface area contributed by atoms with Gasteiger partial charge in [-0.25, -0.2) is 0 Å². The van der Waals surface area contributed by atoms with E-state index in [2.05, 4.69) is 104 Å². The van der Waals surface area contributed by atoms with Crippen LogP contribution in [0.2, 0.25) is 0 Å². The third kappa shape index (κ3) is 43.5. The minimum atomic E-state index is -1.98. The van der Waals surface area contributed by atoms with Gasteiger partial charge in [0.2, 0.25) is 5.91 Å². The number of carbonyl (C=O) groups excluding carboxylic acids is 1. The summed E-state index contributed by atoms with van der Waals surface area (Å²) in [5, 5.41) is 121. The molecule has 0 aromatic rings. The largest absolute Gasteiger partial charge is 0.394 e. The van der Waals surface area contributed by atoms with Gasteiger partial charge in [-0.1, -0.05) is 304 Å². The zero-order valence-corrected chi connectivity index (χ0v) is 63.8. The summed E-state index contributed by atoms with van der Waals surface area (Å²) in [7, 11) is 0. The Balaban J connectivity index is 1.36. The van der Waals surface area contributed by atoms with Gasteiger partial charge >= 0.3 is 0 Å². The van der Waals surface area contributed by atoms with E-state index < -0.39 is 124 Å². The van der Waals surface area contributed by atoms with Crippen LogP contribution in [-0.4, -0.2) is 193 Å². The third-order valence-corrected chi connectivity index (χ3v) is 19.9. The van der Waals surface area contributed by atoms with E-state index in [1.807, 2.05) is 6.08 Å². The third-order valence-electron chi connectivity index (χ3n) is 19.9. The Morgan fingerprint density at radius 3 is 1.09 bits per heavy atom. The summed E-state index contributed by atoms with van der Waals surface area (Å²) >= 11 is 0. The van der Waals surface area contributed by atoms with Crippen molar-refractivity contribution in [2.24, 2.45) is 0 Å². The summed E-state index contributed by atoms with van der Waals surface area (Å²) < 4.78 is 34.4. The molecule has 103 heavy (non-hydrogen) atoms. The molecule has 17 unspecified atom stereocenters. The van der Waals surface area contributed by atoms with E-state index in [9.17, 15) is 61.0 Å². The van der Waals surface area contributed by atoms with Gasteiger partial charge in [0.1, 0.15) is 73.2 Å². The van der Waals surface area contributed by atoms with E-state index >= 15 is 0 Å². The highest BCUT2D eigenvalue weighted by atomic mass is 16.8. The quantitative estimate of drug-likeness (QED) is 0.0199. The molecule has 3 fully saturated rings. The van der Waals surface area contributed by atoms with Crippen LogP contribution < -0.4 is 5.32 Å². The lowest BCUT2D eigenvalue weighted by atomic mass is 9.96. The molecule has 0 radical (unpaired) electrons. The van der Waals surface area contributed by atoms with Crippen LogP contribution in [-0.2, 0) is 33.2 Å². The number of nitrogens with one attached hydrogen (secondary N) is 1. The highest BCUT2D eigenvalue weighted by molar-refractivity contribution is 5.76. The van der Waals surface area contributed by atoms with E-state index in [-0.39, 0.29) is 18.9 Å². The summed E-state index contributed by atoms with van der Waals surface area (Å²) in [5.74, 6) is -0.285. The van der Waals surface area contributed by atoms with Crippen molar-refractivity contribution < 1.29 is 89.4 Å². The molecule has 1 amide bonds. The molecule has 0 aromatic carbocycles. The summed E-state index contributed by atoms with van der Waals surface area (Å²) in [4.78, 5) is 13.5. The zero-order chi connectivity index (χ0) is 74.6. The lowest BCUT2D eigenvalue weighted by Gasteiger charge is -2.48. The van der Waals surface area contributed by atoms with E-state index in [4.69, 9.17) is 28.4 Å². The molecule has 3 rings (SSSR count). The van der Waals surface area contributed by atoms with Crippen molar-refractivity contribution >= 4 is 5.91 Å². The molecule has 19 nitrogen and oxygen atoms in total. The van der Waals surface area contributed by atoms with Crippen LogP contribution in [0.15, 0.2) is 97.2 Å². The normalized spacial score (nSPS) is 26.6. The topological polar surface area (TPSA) is 307 Å². The van der Waals surface area contributed by atoms with Gasteiger partial charge in [-0.3, -0.25) is 4.79 Å². The lowest BCUT2D eigenvalue weighted by molar-refractivity contribution is -0.379. The maximum Gasteiger partial charge on any atom is 0.220 e. The SMILES string of the molecule is CC/C=C\C/C=C\C/C=C\C/C=C\C/C=C\C/C=C\CCCCCCCCCCCCCCCCCCC(=O)NC(COC1OC(CO)C(OC2OC(CO)C(OC3OC(CO)C(O)C(O)C3O)C(O)C2O)C(O)C1O)C(O)/C=C/CC/C=C/CCCCCCCCCCCCCCCCCCC. The predicted octanol–water partition coefficient (Wildman–Crippen LogP) is 14.0. The van der Waals surface area contributed by atoms with Gasteiger partial charge in [0.15, 0.2) is 18.9 Å². The molecule has 19 heteroatoms. The highest BCUT2D eigenvalue weighted by Crippen LogP contribution is 2.33. The molecule has 3 heterocycles. The molecule has 0 aliphatic carbocycles. The first-order valence-corrected chi connectivity index (χ1v) is 41.0. The highest BCUT2D eigenvalue weighted by Gasteiger charge is 2.54. The van der Waals surface area contributed by atoms with Gasteiger partial charge in [0.05, 0.1) is 38.6 Å². The Kier molecular flexibility index (Phi) is 58.0. The molecule has 3 aliphatic rings. The lowest BCUT2D eigenvalue weighted by Crippen LogP contribution is -2.66. The number of carbonyl (C=O) groups is 1. The molecule has 12 N–H and O–H groups in total. The molecule has 0 spiro atoms. The predicted molar refractivity (Wildman–Crippen MR) is 411 cm³/mol. The average Bonchev–Trinajstić information content (AvgIpc) is 0.781. The molecule has 0 bridgehead atoms. The minimum absolute atomic E-state index is 0.232. The molecule has 3 aliphatic heterocycles. The van der Waals surface area contributed by atoms with Gasteiger partial charge < -0.3 is 89.9 Å². The summed E-state index contributed by atoms with van der Waals surface area (Å²) in [6.07, 6.45) is 59.6. The van der Waals surface area contributed by atoms with Crippen LogP contribution in [0, 0.1) is 0 Å². The van der Waals surface area contributed by atoms with Crippen LogP contribution in [0.25, 0.3) is 0 Å². The second-order valence-electron chi connectivity index (χ2n) is 28.8. The summed E-state index contributed by atoms with van der Waals surface area (Å²) in [5.41, 5.74) is 0. The molecular formula is C84H147NO18. The number of rotatable bonds is 64. The fourth-order valence-corrected chi connectivity index (χ4v) is 13.3. The van der Waals surface area contributed by atoms with Crippen molar-refractivity contribution in [2.75, 3.05) is 26.4 Å². The van der Waals surface area contributed by atoms with Crippen molar-refractivity contribution in [2.45, 2.75) is 401 Å². The van der Waals surface area contributed by atoms with E-state index in [0.29, 0.717) is 12.8 Å². The number of hydrogen-bond donors (Lipinski definition) is 12. The Labute approximate surface area is 622 Å². The molecular weight excluding hydrogens is 1310 g/mol. The summed E-state index contributed by atoms with van der Waals surface area (Å²) in [6.45, 7) is 1.63. The Bertz CT molecular complexity index is 2240. The smallest absolute Gasteiger partial charge is 0.220 e. The van der Waals surface area contributed by atoms with Crippen LogP contribution in [0.1, 0.15) is 296 Å². The number of amides is 1. The van der Waals surface area contributed by atoms with Gasteiger partial charge in [-0.15, -0.1) is 0 Å². The van der Waals surface area contributed by atoms with Crippen molar-refractivity contribution in [3.05, 3.63) is 97.2 Å². The number of ether oxygens (including phenoxy) is 6. The van der Waals surface area contributed by atoms with E-state index in [1.54, 1.807) is 6.08 Å². The molecule has 0 saturated carbocycles. The maximum absolute atomic E-state index is 13.5. The molecule has 3 saturated heterocycles. The number of hydrogen-bond acceptors (Lipinski definition) is 18. The second-order valence-corrected chi connectivity index (χ2v) is 28.8. The number of allylic oxidation sites excluding steroid dienone is 15. The summed E-state index contributed by atoms with van der Waals surface area (Å²) in [6, 6.07) is -0.996. The van der Waals surface area contributed by atoms with Crippen molar-refractivity contribution in [3.8, 4) is 0 Å². The Morgan fingerprint density at radius 2 is 0.680 bits per heavy atom. The van der Waals surface area contributed by atoms with Crippen molar-refractivity contribution in [3.63, 3.8) is 0 Å². The van der Waals surface area contributed by atoms with E-state index in [0.717, 1.165) is 77.0 Å². The maximum atomic E-state index is 13.5. The fraction of sp³-hybridized carbons (Fsp3) is 0.798. The van der Waals surface area contributed by atoms with Crippen LogP contribution in [0.3, 0.4) is 0 Å². The first kappa shape index (κ1) is 93.9. The van der Waals surface area contributed by atoms with Crippen LogP contribution in [0.5, 0.6) is 0 Å². The Hall–Kier alpha value is -3.29. The zero-order valence-electron chi connectivity index (χ0n) is 63.8. The van der Waals surface area contributed by atoms with Crippen LogP contribution in [0.4, 0.5) is 0 Å².